The predicted octanol–water partition coefficient (Wildman–Crippen LogP) is 8.27. The van der Waals surface area contributed by atoms with Gasteiger partial charge in [0.1, 0.15) is 5.58 Å². The first-order valence-electron chi connectivity index (χ1n) is 12.1. The van der Waals surface area contributed by atoms with Gasteiger partial charge in [-0.15, -0.1) is 0 Å². The van der Waals surface area contributed by atoms with Crippen molar-refractivity contribution in [2.24, 2.45) is 5.92 Å². The smallest absolute Gasteiger partial charge is 0.228 e. The van der Waals surface area contributed by atoms with Crippen LogP contribution in [0.15, 0.2) is 59.1 Å². The summed E-state index contributed by atoms with van der Waals surface area (Å²) in [7, 11) is 0. The highest BCUT2D eigenvalue weighted by atomic mass is 16.3. The summed E-state index contributed by atoms with van der Waals surface area (Å²) >= 11 is 0. The molecule has 0 amide bonds. The van der Waals surface area contributed by atoms with Crippen molar-refractivity contribution in [2.75, 3.05) is 0 Å². The first-order valence-corrected chi connectivity index (χ1v) is 12.1. The molecule has 4 heteroatoms. The molecule has 1 atom stereocenters. The van der Waals surface area contributed by atoms with E-state index < -0.39 is 0 Å². The second-order valence-corrected chi connectivity index (χ2v) is 9.86. The van der Waals surface area contributed by atoms with Crippen LogP contribution in [0.2, 0.25) is 0 Å². The summed E-state index contributed by atoms with van der Waals surface area (Å²) < 4.78 is 6.45. The third-order valence-corrected chi connectivity index (χ3v) is 7.23. The van der Waals surface area contributed by atoms with Crippen molar-refractivity contribution in [1.82, 2.24) is 9.97 Å². The van der Waals surface area contributed by atoms with Crippen LogP contribution in [0.25, 0.3) is 44.6 Å². The van der Waals surface area contributed by atoms with E-state index in [0.29, 0.717) is 28.7 Å². The van der Waals surface area contributed by atoms with E-state index in [9.17, 15) is 5.26 Å². The van der Waals surface area contributed by atoms with Crippen LogP contribution in [0.5, 0.6) is 0 Å². The van der Waals surface area contributed by atoms with Crippen molar-refractivity contribution < 1.29 is 4.42 Å². The molecule has 0 bridgehead atoms. The van der Waals surface area contributed by atoms with Gasteiger partial charge in [0.2, 0.25) is 5.71 Å². The fourth-order valence-corrected chi connectivity index (χ4v) is 4.96. The Morgan fingerprint density at radius 3 is 2.29 bits per heavy atom. The summed E-state index contributed by atoms with van der Waals surface area (Å²) in [6.07, 6.45) is 1.86. The lowest BCUT2D eigenvalue weighted by molar-refractivity contribution is 0.535. The number of furan rings is 1. The Morgan fingerprint density at radius 2 is 1.60 bits per heavy atom. The summed E-state index contributed by atoms with van der Waals surface area (Å²) in [6, 6.07) is 18.8. The zero-order valence-corrected chi connectivity index (χ0v) is 21.1. The molecule has 5 rings (SSSR count). The molecule has 2 aromatic carbocycles. The Kier molecular flexibility index (Phi) is 5.65. The number of hydrogen-bond donors (Lipinski definition) is 0. The van der Waals surface area contributed by atoms with Crippen LogP contribution in [0, 0.1) is 38.0 Å². The number of aromatic nitrogens is 2. The lowest BCUT2D eigenvalue weighted by Crippen LogP contribution is -2.02. The minimum absolute atomic E-state index is 0.408. The minimum Gasteiger partial charge on any atom is -0.437 e. The van der Waals surface area contributed by atoms with E-state index in [1.165, 1.54) is 16.7 Å². The topological polar surface area (TPSA) is 62.7 Å². The summed E-state index contributed by atoms with van der Waals surface area (Å²) in [5.74, 6) is 0.928. The molecule has 0 saturated heterocycles. The van der Waals surface area contributed by atoms with E-state index in [0.717, 1.165) is 38.9 Å². The van der Waals surface area contributed by atoms with E-state index in [-0.39, 0.29) is 0 Å². The van der Waals surface area contributed by atoms with Crippen molar-refractivity contribution in [3.8, 4) is 28.6 Å². The van der Waals surface area contributed by atoms with Gasteiger partial charge in [-0.3, -0.25) is 4.98 Å². The van der Waals surface area contributed by atoms with Gasteiger partial charge in [-0.05, 0) is 85.2 Å². The highest BCUT2D eigenvalue weighted by Crippen LogP contribution is 2.40. The van der Waals surface area contributed by atoms with Gasteiger partial charge in [0.25, 0.3) is 0 Å². The number of fused-ring (bicyclic) bond motifs is 3. The van der Waals surface area contributed by atoms with Gasteiger partial charge in [-0.25, -0.2) is 4.98 Å². The number of nitrogens with zero attached hydrogens (tertiary/aromatic N) is 3. The molecule has 0 aliphatic carbocycles. The molecule has 0 aliphatic rings. The highest BCUT2D eigenvalue weighted by molar-refractivity contribution is 6.12. The minimum atomic E-state index is 0.408. The highest BCUT2D eigenvalue weighted by Gasteiger charge is 2.21. The predicted molar refractivity (Wildman–Crippen MR) is 142 cm³/mol. The molecule has 3 aromatic heterocycles. The average Bonchev–Trinajstić information content (AvgIpc) is 3.23. The van der Waals surface area contributed by atoms with Crippen LogP contribution < -0.4 is 0 Å². The summed E-state index contributed by atoms with van der Waals surface area (Å²) in [5.41, 5.74) is 10.1. The number of nitriles is 1. The SMILES string of the molecule is Cc1cccc(C)c1-c1cc(C)c2c(n1)oc1c(-c3cc(C(C)C(C)C)ccn3)ccc(C#N)c12. The van der Waals surface area contributed by atoms with Gasteiger partial charge in [-0.1, -0.05) is 39.0 Å². The van der Waals surface area contributed by atoms with Gasteiger partial charge in [-0.2, -0.15) is 5.26 Å². The molecular formula is C31H29N3O. The quantitative estimate of drug-likeness (QED) is 0.271. The van der Waals surface area contributed by atoms with Gasteiger partial charge < -0.3 is 4.42 Å². The van der Waals surface area contributed by atoms with E-state index >= 15 is 0 Å². The maximum Gasteiger partial charge on any atom is 0.228 e. The maximum atomic E-state index is 9.92. The van der Waals surface area contributed by atoms with E-state index in [4.69, 9.17) is 9.40 Å². The number of hydrogen-bond acceptors (Lipinski definition) is 4. The monoisotopic (exact) mass is 459 g/mol. The molecule has 0 saturated carbocycles. The molecule has 35 heavy (non-hydrogen) atoms. The van der Waals surface area contributed by atoms with Gasteiger partial charge in [0, 0.05) is 22.7 Å². The summed E-state index contributed by atoms with van der Waals surface area (Å²) in [6.45, 7) is 13.0. The fraction of sp³-hybridized carbons (Fsp3) is 0.258. The molecule has 0 spiro atoms. The molecule has 4 nitrogen and oxygen atoms in total. The van der Waals surface area contributed by atoms with Crippen LogP contribution in [0.3, 0.4) is 0 Å². The molecular weight excluding hydrogens is 430 g/mol. The molecule has 174 valence electrons. The van der Waals surface area contributed by atoms with Crippen molar-refractivity contribution in [3.63, 3.8) is 0 Å². The fourth-order valence-electron chi connectivity index (χ4n) is 4.96. The van der Waals surface area contributed by atoms with Gasteiger partial charge >= 0.3 is 0 Å². The van der Waals surface area contributed by atoms with Crippen molar-refractivity contribution >= 4 is 22.1 Å². The van der Waals surface area contributed by atoms with E-state index in [1.807, 2.05) is 18.3 Å². The molecule has 3 heterocycles. The summed E-state index contributed by atoms with van der Waals surface area (Å²) in [4.78, 5) is 9.62. The first kappa shape index (κ1) is 22.8. The van der Waals surface area contributed by atoms with Crippen LogP contribution in [-0.2, 0) is 0 Å². The molecule has 0 fully saturated rings. The Morgan fingerprint density at radius 1 is 0.857 bits per heavy atom. The number of rotatable bonds is 4. The van der Waals surface area contributed by atoms with Gasteiger partial charge in [0.15, 0.2) is 0 Å². The van der Waals surface area contributed by atoms with Crippen LogP contribution >= 0.6 is 0 Å². The number of aryl methyl sites for hydroxylation is 3. The molecule has 0 aliphatic heterocycles. The second-order valence-electron chi connectivity index (χ2n) is 9.86. The summed E-state index contributed by atoms with van der Waals surface area (Å²) in [5, 5.41) is 11.6. The zero-order chi connectivity index (χ0) is 24.9. The number of benzene rings is 2. The van der Waals surface area contributed by atoms with E-state index in [1.54, 1.807) is 0 Å². The first-order chi connectivity index (χ1) is 16.8. The second kappa shape index (κ2) is 8.67. The normalized spacial score (nSPS) is 12.4. The van der Waals surface area contributed by atoms with Crippen LogP contribution in [0.4, 0.5) is 0 Å². The van der Waals surface area contributed by atoms with Crippen LogP contribution in [0.1, 0.15) is 54.5 Å². The third-order valence-electron chi connectivity index (χ3n) is 7.23. The Bertz CT molecular complexity index is 1620. The third kappa shape index (κ3) is 3.78. The standard InChI is InChI=1S/C31H29N3O/c1-17(2)21(6)22-12-13-33-25(15-22)24-11-10-23(16-32)29-28-20(5)14-26(34-31(28)35-30(24)29)27-18(3)8-7-9-19(27)4/h7-15,17,21H,1-6H3. The van der Waals surface area contributed by atoms with Crippen molar-refractivity contribution in [2.45, 2.75) is 47.5 Å². The zero-order valence-electron chi connectivity index (χ0n) is 21.1. The molecule has 0 radical (unpaired) electrons. The average molecular weight is 460 g/mol. The Labute approximate surface area is 206 Å². The van der Waals surface area contributed by atoms with Crippen molar-refractivity contribution in [3.05, 3.63) is 82.5 Å². The largest absolute Gasteiger partial charge is 0.437 e. The molecule has 0 N–H and O–H groups in total. The van der Waals surface area contributed by atoms with Crippen molar-refractivity contribution in [1.29, 1.82) is 5.26 Å². The lowest BCUT2D eigenvalue weighted by Gasteiger charge is -2.16. The lowest BCUT2D eigenvalue weighted by atomic mass is 9.90. The molecule has 1 unspecified atom stereocenters. The molecule has 5 aromatic rings. The van der Waals surface area contributed by atoms with E-state index in [2.05, 4.69) is 89.0 Å². The Balaban J connectivity index is 1.79. The van der Waals surface area contributed by atoms with Gasteiger partial charge in [0.05, 0.1) is 28.4 Å². The maximum absolute atomic E-state index is 9.92. The van der Waals surface area contributed by atoms with Crippen LogP contribution in [-0.4, -0.2) is 9.97 Å². The number of pyridine rings is 2. The Hall–Kier alpha value is -3.97.